The smallest absolute Gasteiger partial charge is 0.127 e. The van der Waals surface area contributed by atoms with Gasteiger partial charge in [-0.05, 0) is 43.4 Å². The van der Waals surface area contributed by atoms with E-state index in [-0.39, 0.29) is 11.9 Å². The number of benzene rings is 2. The molecule has 0 fully saturated rings. The number of fused-ring (bicyclic) bond motifs is 1. The molecule has 21 heavy (non-hydrogen) atoms. The van der Waals surface area contributed by atoms with Crippen LogP contribution in [0.2, 0.25) is 0 Å². The average Bonchev–Trinajstić information content (AvgIpc) is 2.50. The Hall–Kier alpha value is -1.87. The van der Waals surface area contributed by atoms with Crippen LogP contribution in [0.1, 0.15) is 41.5 Å². The van der Waals surface area contributed by atoms with Crippen LogP contribution in [0.15, 0.2) is 42.5 Å². The maximum Gasteiger partial charge on any atom is 0.127 e. The van der Waals surface area contributed by atoms with E-state index in [0.29, 0.717) is 18.1 Å². The first-order chi connectivity index (χ1) is 10.1. The van der Waals surface area contributed by atoms with Gasteiger partial charge in [0, 0.05) is 11.6 Å². The molecule has 1 aliphatic rings. The average molecular weight is 285 g/mol. The second-order valence-electron chi connectivity index (χ2n) is 5.74. The van der Waals surface area contributed by atoms with Gasteiger partial charge in [-0.15, -0.1) is 0 Å². The summed E-state index contributed by atoms with van der Waals surface area (Å²) in [6.07, 6.45) is 1.67. The van der Waals surface area contributed by atoms with Gasteiger partial charge in [0.2, 0.25) is 0 Å². The fourth-order valence-corrected chi connectivity index (χ4v) is 3.04. The van der Waals surface area contributed by atoms with Crippen LogP contribution in [0.5, 0.6) is 5.75 Å². The molecule has 0 amide bonds. The number of nitrogens with two attached hydrogens (primary N) is 1. The summed E-state index contributed by atoms with van der Waals surface area (Å²) in [6.45, 7) is 2.66. The van der Waals surface area contributed by atoms with E-state index >= 15 is 0 Å². The van der Waals surface area contributed by atoms with Crippen molar-refractivity contribution >= 4 is 0 Å². The van der Waals surface area contributed by atoms with Gasteiger partial charge >= 0.3 is 0 Å². The zero-order valence-corrected chi connectivity index (χ0v) is 12.2. The van der Waals surface area contributed by atoms with Crippen LogP contribution in [-0.2, 0) is 0 Å². The summed E-state index contributed by atoms with van der Waals surface area (Å²) < 4.78 is 19.6. The molecule has 2 aromatic carbocycles. The molecule has 2 N–H and O–H groups in total. The Kier molecular flexibility index (Phi) is 3.93. The first-order valence-corrected chi connectivity index (χ1v) is 7.38. The van der Waals surface area contributed by atoms with E-state index < -0.39 is 0 Å². The van der Waals surface area contributed by atoms with Crippen molar-refractivity contribution in [3.05, 3.63) is 65.0 Å². The van der Waals surface area contributed by atoms with Crippen molar-refractivity contribution in [2.45, 2.75) is 31.7 Å². The largest absolute Gasteiger partial charge is 0.493 e. The Labute approximate surface area is 124 Å². The molecule has 1 heterocycles. The molecule has 3 heteroatoms. The molecule has 0 saturated carbocycles. The number of para-hydroxylation sites is 1. The highest BCUT2D eigenvalue weighted by molar-refractivity contribution is 5.38. The fraction of sp³-hybridized carbons (Fsp3) is 0.333. The van der Waals surface area contributed by atoms with E-state index in [1.807, 2.05) is 31.2 Å². The third-order valence-electron chi connectivity index (χ3n) is 4.17. The minimum absolute atomic E-state index is 0.214. The van der Waals surface area contributed by atoms with Gasteiger partial charge in [0.15, 0.2) is 0 Å². The minimum Gasteiger partial charge on any atom is -0.493 e. The number of rotatable bonds is 3. The summed E-state index contributed by atoms with van der Waals surface area (Å²) in [5.41, 5.74) is 9.11. The Balaban J connectivity index is 1.82. The summed E-state index contributed by atoms with van der Waals surface area (Å²) in [4.78, 5) is 0. The molecule has 0 saturated heterocycles. The van der Waals surface area contributed by atoms with Crippen LogP contribution < -0.4 is 10.5 Å². The Morgan fingerprint density at radius 2 is 2.10 bits per heavy atom. The van der Waals surface area contributed by atoms with Gasteiger partial charge < -0.3 is 10.5 Å². The van der Waals surface area contributed by atoms with Gasteiger partial charge in [0.1, 0.15) is 11.6 Å². The Morgan fingerprint density at radius 3 is 2.95 bits per heavy atom. The zero-order valence-electron chi connectivity index (χ0n) is 12.2. The standard InChI is InChI=1S/C18H20FNO/c1-12-6-7-16(19)15(10-12)17(20)11-13-8-9-21-18-5-3-2-4-14(13)18/h2-7,10,13,17H,8-9,11,20H2,1H3. The molecule has 2 nitrogen and oxygen atoms in total. The van der Waals surface area contributed by atoms with Crippen molar-refractivity contribution in [1.82, 2.24) is 0 Å². The minimum atomic E-state index is -0.291. The maximum absolute atomic E-state index is 14.0. The van der Waals surface area contributed by atoms with E-state index in [2.05, 4.69) is 6.07 Å². The summed E-state index contributed by atoms with van der Waals surface area (Å²) in [6, 6.07) is 12.9. The fourth-order valence-electron chi connectivity index (χ4n) is 3.04. The van der Waals surface area contributed by atoms with Gasteiger partial charge in [-0.25, -0.2) is 4.39 Å². The summed E-state index contributed by atoms with van der Waals surface area (Å²) in [7, 11) is 0. The summed E-state index contributed by atoms with van der Waals surface area (Å²) in [5.74, 6) is 1.05. The lowest BCUT2D eigenvalue weighted by Crippen LogP contribution is -2.20. The van der Waals surface area contributed by atoms with E-state index in [4.69, 9.17) is 10.5 Å². The van der Waals surface area contributed by atoms with E-state index in [0.717, 1.165) is 24.2 Å². The topological polar surface area (TPSA) is 35.2 Å². The van der Waals surface area contributed by atoms with Crippen molar-refractivity contribution in [3.63, 3.8) is 0 Å². The molecule has 0 aliphatic carbocycles. The zero-order chi connectivity index (χ0) is 14.8. The lowest BCUT2D eigenvalue weighted by atomic mass is 9.85. The predicted octanol–water partition coefficient (Wildman–Crippen LogP) is 4.09. The molecule has 0 bridgehead atoms. The summed E-state index contributed by atoms with van der Waals surface area (Å²) in [5, 5.41) is 0. The van der Waals surface area contributed by atoms with Crippen LogP contribution in [-0.4, -0.2) is 6.61 Å². The van der Waals surface area contributed by atoms with Gasteiger partial charge in [-0.1, -0.05) is 35.9 Å². The molecule has 0 aromatic heterocycles. The van der Waals surface area contributed by atoms with Gasteiger partial charge in [-0.3, -0.25) is 0 Å². The van der Waals surface area contributed by atoms with Crippen LogP contribution in [0.3, 0.4) is 0 Å². The molecule has 2 atom stereocenters. The molecule has 0 radical (unpaired) electrons. The third kappa shape index (κ3) is 2.93. The highest BCUT2D eigenvalue weighted by atomic mass is 19.1. The second kappa shape index (κ2) is 5.86. The highest BCUT2D eigenvalue weighted by Crippen LogP contribution is 2.38. The number of halogens is 1. The second-order valence-corrected chi connectivity index (χ2v) is 5.74. The predicted molar refractivity (Wildman–Crippen MR) is 82.0 cm³/mol. The number of aryl methyl sites for hydroxylation is 1. The molecule has 2 unspecified atom stereocenters. The number of hydrogen-bond donors (Lipinski definition) is 1. The van der Waals surface area contributed by atoms with Gasteiger partial charge in [0.05, 0.1) is 6.61 Å². The highest BCUT2D eigenvalue weighted by Gasteiger charge is 2.24. The molecule has 110 valence electrons. The van der Waals surface area contributed by atoms with Crippen molar-refractivity contribution in [3.8, 4) is 5.75 Å². The SMILES string of the molecule is Cc1ccc(F)c(C(N)CC2CCOc3ccccc32)c1. The van der Waals surface area contributed by atoms with Crippen molar-refractivity contribution in [2.24, 2.45) is 5.73 Å². The van der Waals surface area contributed by atoms with Crippen molar-refractivity contribution < 1.29 is 9.13 Å². The Morgan fingerprint density at radius 1 is 1.29 bits per heavy atom. The lowest BCUT2D eigenvalue weighted by Gasteiger charge is -2.28. The molecule has 1 aliphatic heterocycles. The molecule has 2 aromatic rings. The first-order valence-electron chi connectivity index (χ1n) is 7.38. The Bertz CT molecular complexity index is 641. The normalized spacial score (nSPS) is 18.7. The van der Waals surface area contributed by atoms with E-state index in [1.165, 1.54) is 11.6 Å². The van der Waals surface area contributed by atoms with Crippen LogP contribution in [0.4, 0.5) is 4.39 Å². The molecular formula is C18H20FNO. The molecule has 3 rings (SSSR count). The van der Waals surface area contributed by atoms with Crippen molar-refractivity contribution in [2.75, 3.05) is 6.61 Å². The lowest BCUT2D eigenvalue weighted by molar-refractivity contribution is 0.259. The first kappa shape index (κ1) is 14.1. The van der Waals surface area contributed by atoms with Crippen LogP contribution >= 0.6 is 0 Å². The molecular weight excluding hydrogens is 265 g/mol. The van der Waals surface area contributed by atoms with Crippen molar-refractivity contribution in [1.29, 1.82) is 0 Å². The summed E-state index contributed by atoms with van der Waals surface area (Å²) >= 11 is 0. The maximum atomic E-state index is 14.0. The third-order valence-corrected chi connectivity index (χ3v) is 4.17. The number of ether oxygens (including phenoxy) is 1. The monoisotopic (exact) mass is 285 g/mol. The number of hydrogen-bond acceptors (Lipinski definition) is 2. The van der Waals surface area contributed by atoms with E-state index in [1.54, 1.807) is 6.07 Å². The van der Waals surface area contributed by atoms with Crippen LogP contribution in [0, 0.1) is 12.7 Å². The van der Waals surface area contributed by atoms with Crippen LogP contribution in [0.25, 0.3) is 0 Å². The van der Waals surface area contributed by atoms with E-state index in [9.17, 15) is 4.39 Å². The van der Waals surface area contributed by atoms with Gasteiger partial charge in [-0.2, -0.15) is 0 Å². The van der Waals surface area contributed by atoms with Gasteiger partial charge in [0.25, 0.3) is 0 Å². The quantitative estimate of drug-likeness (QED) is 0.922. The molecule has 0 spiro atoms.